The smallest absolute Gasteiger partial charge is 0.390 e. The molecule has 0 aliphatic rings. The molecule has 0 radical (unpaired) electrons. The van der Waals surface area contributed by atoms with Crippen LogP contribution >= 0.6 is 0 Å². The molecule has 3 nitrogen and oxygen atoms in total. The Labute approximate surface area is 79.4 Å². The van der Waals surface area contributed by atoms with Gasteiger partial charge in [0.25, 0.3) is 0 Å². The summed E-state index contributed by atoms with van der Waals surface area (Å²) in [4.78, 5) is 0. The summed E-state index contributed by atoms with van der Waals surface area (Å²) in [6.07, 6.45) is -3.43. The van der Waals surface area contributed by atoms with E-state index in [4.69, 9.17) is 5.11 Å². The molecule has 0 amide bonds. The van der Waals surface area contributed by atoms with E-state index in [-0.39, 0.29) is 5.69 Å². The zero-order chi connectivity index (χ0) is 10.9. The second-order valence-electron chi connectivity index (χ2n) is 2.93. The molecule has 80 valence electrons. The molecule has 1 N–H and O–H groups in total. The molecular formula is C8H12F3N2O+. The van der Waals surface area contributed by atoms with Gasteiger partial charge in [-0.15, -0.1) is 4.68 Å². The lowest BCUT2D eigenvalue weighted by atomic mass is 10.2. The molecule has 0 saturated heterocycles. The Morgan fingerprint density at radius 2 is 2.07 bits per heavy atom. The fraction of sp³-hybridized carbons (Fsp3) is 0.625. The number of hydrogen-bond acceptors (Lipinski definition) is 1. The van der Waals surface area contributed by atoms with Gasteiger partial charge in [-0.1, -0.05) is 0 Å². The number of aromatic nitrogens is 2. The number of alkyl halides is 3. The topological polar surface area (TPSA) is 29.0 Å². The SMILES string of the molecule is CCn1c(CO)c(C(F)(F)F)c[n+]1C. The molecule has 0 bridgehead atoms. The molecule has 0 aliphatic carbocycles. The largest absolute Gasteiger partial charge is 0.424 e. The van der Waals surface area contributed by atoms with Gasteiger partial charge < -0.3 is 5.11 Å². The van der Waals surface area contributed by atoms with Crippen LogP contribution in [0.25, 0.3) is 0 Å². The third-order valence-corrected chi connectivity index (χ3v) is 2.07. The number of nitrogens with zero attached hydrogens (tertiary/aromatic N) is 2. The number of hydrogen-bond donors (Lipinski definition) is 1. The minimum atomic E-state index is -4.41. The molecule has 6 heteroatoms. The molecule has 1 rings (SSSR count). The van der Waals surface area contributed by atoms with Crippen LogP contribution in [0.2, 0.25) is 0 Å². The minimum absolute atomic E-state index is 0.0949. The maximum Gasteiger partial charge on any atom is 0.424 e. The van der Waals surface area contributed by atoms with Gasteiger partial charge in [-0.25, -0.2) is 0 Å². The van der Waals surface area contributed by atoms with Crippen LogP contribution in [-0.2, 0) is 26.4 Å². The van der Waals surface area contributed by atoms with Crippen LogP contribution < -0.4 is 4.68 Å². The molecule has 0 fully saturated rings. The number of aliphatic hydroxyl groups excluding tert-OH is 1. The fourth-order valence-electron chi connectivity index (χ4n) is 1.48. The van der Waals surface area contributed by atoms with Gasteiger partial charge in [-0.05, 0) is 6.92 Å². The van der Waals surface area contributed by atoms with Gasteiger partial charge in [-0.2, -0.15) is 17.9 Å². The maximum absolute atomic E-state index is 12.4. The Bertz CT molecular complexity index is 330. The first-order chi connectivity index (χ1) is 6.41. The van der Waals surface area contributed by atoms with E-state index in [2.05, 4.69) is 0 Å². The van der Waals surface area contributed by atoms with Crippen molar-refractivity contribution in [1.82, 2.24) is 4.68 Å². The number of rotatable bonds is 2. The van der Waals surface area contributed by atoms with Crippen LogP contribution in [0.5, 0.6) is 0 Å². The highest BCUT2D eigenvalue weighted by atomic mass is 19.4. The van der Waals surface area contributed by atoms with Crippen LogP contribution in [0, 0.1) is 0 Å². The van der Waals surface area contributed by atoms with E-state index in [0.29, 0.717) is 6.54 Å². The van der Waals surface area contributed by atoms with Gasteiger partial charge in [-0.3, -0.25) is 0 Å². The zero-order valence-corrected chi connectivity index (χ0v) is 7.97. The van der Waals surface area contributed by atoms with Crippen molar-refractivity contribution in [3.05, 3.63) is 17.5 Å². The molecule has 1 aromatic rings. The summed E-state index contributed by atoms with van der Waals surface area (Å²) in [5.74, 6) is 0. The van der Waals surface area contributed by atoms with Gasteiger partial charge >= 0.3 is 6.18 Å². The maximum atomic E-state index is 12.4. The summed E-state index contributed by atoms with van der Waals surface area (Å²) in [6.45, 7) is 1.51. The number of aliphatic hydroxyl groups is 1. The Balaban J connectivity index is 3.31. The predicted octanol–water partition coefficient (Wildman–Crippen LogP) is 0.844. The lowest BCUT2D eigenvalue weighted by molar-refractivity contribution is -0.754. The van der Waals surface area contributed by atoms with Gasteiger partial charge in [0, 0.05) is 0 Å². The Morgan fingerprint density at radius 1 is 1.50 bits per heavy atom. The molecule has 0 spiro atoms. The molecule has 1 heterocycles. The van der Waals surface area contributed by atoms with Crippen molar-refractivity contribution < 1.29 is 23.0 Å². The quantitative estimate of drug-likeness (QED) is 0.718. The average Bonchev–Trinajstić information content (AvgIpc) is 2.40. The molecule has 0 atom stereocenters. The minimum Gasteiger partial charge on any atom is -0.390 e. The van der Waals surface area contributed by atoms with Crippen molar-refractivity contribution in [1.29, 1.82) is 0 Å². The summed E-state index contributed by atoms with van der Waals surface area (Å²) in [5.41, 5.74) is -0.869. The summed E-state index contributed by atoms with van der Waals surface area (Å²) >= 11 is 0. The molecule has 14 heavy (non-hydrogen) atoms. The summed E-state index contributed by atoms with van der Waals surface area (Å²) in [5, 5.41) is 8.87. The van der Waals surface area contributed by atoms with Crippen molar-refractivity contribution in [3.8, 4) is 0 Å². The highest BCUT2D eigenvalue weighted by molar-refractivity contribution is 5.17. The van der Waals surface area contributed by atoms with Crippen molar-refractivity contribution in [2.45, 2.75) is 26.3 Å². The van der Waals surface area contributed by atoms with Crippen molar-refractivity contribution in [3.63, 3.8) is 0 Å². The van der Waals surface area contributed by atoms with Gasteiger partial charge in [0.2, 0.25) is 6.20 Å². The standard InChI is InChI=1S/C8H12F3N2O/c1-3-13-7(5-14)6(4-12(13)2)8(9,10)11/h4,14H,3,5H2,1-2H3/q+1. The van der Waals surface area contributed by atoms with Crippen LogP contribution in [0.3, 0.4) is 0 Å². The van der Waals surface area contributed by atoms with E-state index in [0.717, 1.165) is 6.20 Å². The van der Waals surface area contributed by atoms with E-state index in [1.807, 2.05) is 0 Å². The third-order valence-electron chi connectivity index (χ3n) is 2.07. The lowest BCUT2D eigenvalue weighted by Crippen LogP contribution is -2.38. The van der Waals surface area contributed by atoms with Gasteiger partial charge in [0.15, 0.2) is 7.05 Å². The van der Waals surface area contributed by atoms with E-state index in [1.165, 1.54) is 16.4 Å². The van der Waals surface area contributed by atoms with E-state index < -0.39 is 18.3 Å². The fourth-order valence-corrected chi connectivity index (χ4v) is 1.48. The molecule has 0 aliphatic heterocycles. The molecule has 0 unspecified atom stereocenters. The van der Waals surface area contributed by atoms with Gasteiger partial charge in [0.05, 0.1) is 13.2 Å². The molecule has 1 aromatic heterocycles. The number of halogens is 3. The van der Waals surface area contributed by atoms with Crippen molar-refractivity contribution in [2.24, 2.45) is 7.05 Å². The first kappa shape index (κ1) is 11.0. The van der Waals surface area contributed by atoms with E-state index >= 15 is 0 Å². The number of aryl methyl sites for hydroxylation is 1. The second-order valence-corrected chi connectivity index (χ2v) is 2.93. The molecule has 0 saturated carbocycles. The first-order valence-corrected chi connectivity index (χ1v) is 4.18. The van der Waals surface area contributed by atoms with Crippen LogP contribution in [0.15, 0.2) is 6.20 Å². The first-order valence-electron chi connectivity index (χ1n) is 4.18. The Morgan fingerprint density at radius 3 is 2.43 bits per heavy atom. The van der Waals surface area contributed by atoms with Crippen molar-refractivity contribution in [2.75, 3.05) is 0 Å². The van der Waals surface area contributed by atoms with Crippen molar-refractivity contribution >= 4 is 0 Å². The molecule has 0 aromatic carbocycles. The van der Waals surface area contributed by atoms with E-state index in [1.54, 1.807) is 6.92 Å². The van der Waals surface area contributed by atoms with E-state index in [9.17, 15) is 13.2 Å². The average molecular weight is 209 g/mol. The van der Waals surface area contributed by atoms with Crippen LogP contribution in [0.4, 0.5) is 13.2 Å². The van der Waals surface area contributed by atoms with Gasteiger partial charge in [0.1, 0.15) is 11.3 Å². The second kappa shape index (κ2) is 3.61. The monoisotopic (exact) mass is 209 g/mol. The zero-order valence-electron chi connectivity index (χ0n) is 7.97. The summed E-state index contributed by atoms with van der Waals surface area (Å²) in [7, 11) is 1.51. The Hall–Kier alpha value is -1.04. The summed E-state index contributed by atoms with van der Waals surface area (Å²) < 4.78 is 40.0. The lowest BCUT2D eigenvalue weighted by Gasteiger charge is -2.04. The third kappa shape index (κ3) is 1.75. The Kier molecular flexibility index (Phi) is 2.84. The highest BCUT2D eigenvalue weighted by Gasteiger charge is 2.39. The summed E-state index contributed by atoms with van der Waals surface area (Å²) in [6, 6.07) is 0. The molecular weight excluding hydrogens is 197 g/mol. The van der Waals surface area contributed by atoms with Crippen LogP contribution in [-0.4, -0.2) is 9.79 Å². The highest BCUT2D eigenvalue weighted by Crippen LogP contribution is 2.31. The van der Waals surface area contributed by atoms with Crippen LogP contribution in [0.1, 0.15) is 18.2 Å². The normalized spacial score (nSPS) is 12.1. The predicted molar refractivity (Wildman–Crippen MR) is 42.2 cm³/mol.